The van der Waals surface area contributed by atoms with Gasteiger partial charge >= 0.3 is 5.97 Å². The molecular formula is C17H24O5. The Morgan fingerprint density at radius 1 is 1.45 bits per heavy atom. The predicted molar refractivity (Wildman–Crippen MR) is 78.1 cm³/mol. The molecule has 2 aliphatic carbocycles. The Morgan fingerprint density at radius 2 is 2.14 bits per heavy atom. The van der Waals surface area contributed by atoms with E-state index in [1.807, 2.05) is 6.92 Å². The molecule has 1 saturated carbocycles. The van der Waals surface area contributed by atoms with E-state index < -0.39 is 17.1 Å². The molecule has 2 heterocycles. The van der Waals surface area contributed by atoms with Gasteiger partial charge in [-0.15, -0.1) is 0 Å². The average Bonchev–Trinajstić information content (AvgIpc) is 3.16. The maximum Gasteiger partial charge on any atom is 0.302 e. The summed E-state index contributed by atoms with van der Waals surface area (Å²) < 4.78 is 17.8. The van der Waals surface area contributed by atoms with E-state index in [-0.39, 0.29) is 29.7 Å². The summed E-state index contributed by atoms with van der Waals surface area (Å²) in [6, 6.07) is 0. The number of aliphatic hydroxyl groups is 1. The Balaban J connectivity index is 1.81. The summed E-state index contributed by atoms with van der Waals surface area (Å²) in [5.41, 5.74) is 0.0200. The highest BCUT2D eigenvalue weighted by atomic mass is 16.7. The molecule has 0 aromatic rings. The van der Waals surface area contributed by atoms with Gasteiger partial charge in [0.25, 0.3) is 0 Å². The van der Waals surface area contributed by atoms with E-state index in [2.05, 4.69) is 19.9 Å². The van der Waals surface area contributed by atoms with Crippen LogP contribution in [0.15, 0.2) is 11.6 Å². The van der Waals surface area contributed by atoms with Crippen molar-refractivity contribution in [3.8, 4) is 0 Å². The second kappa shape index (κ2) is 4.13. The number of rotatable bonds is 1. The third-order valence-corrected chi connectivity index (χ3v) is 6.83. The molecule has 5 nitrogen and oxygen atoms in total. The fourth-order valence-electron chi connectivity index (χ4n) is 5.27. The minimum atomic E-state index is -0.481. The molecule has 1 N–H and O–H groups in total. The summed E-state index contributed by atoms with van der Waals surface area (Å²) in [7, 11) is 0. The van der Waals surface area contributed by atoms with Crippen LogP contribution in [-0.4, -0.2) is 47.7 Å². The number of epoxide rings is 1. The van der Waals surface area contributed by atoms with Gasteiger partial charge in [0.05, 0.1) is 18.8 Å². The van der Waals surface area contributed by atoms with Gasteiger partial charge in [0.1, 0.15) is 17.8 Å². The van der Waals surface area contributed by atoms with Crippen LogP contribution in [0.5, 0.6) is 0 Å². The van der Waals surface area contributed by atoms with E-state index in [1.54, 1.807) is 0 Å². The Labute approximate surface area is 130 Å². The van der Waals surface area contributed by atoms with Gasteiger partial charge < -0.3 is 19.3 Å². The number of aliphatic hydroxyl groups excluding tert-OH is 1. The number of ether oxygens (including phenoxy) is 3. The smallest absolute Gasteiger partial charge is 0.302 e. The van der Waals surface area contributed by atoms with Crippen LogP contribution >= 0.6 is 0 Å². The summed E-state index contributed by atoms with van der Waals surface area (Å²) in [6.07, 6.45) is 2.28. The van der Waals surface area contributed by atoms with Crippen LogP contribution in [0.2, 0.25) is 0 Å². The topological polar surface area (TPSA) is 68.3 Å². The second-order valence-corrected chi connectivity index (χ2v) is 7.86. The predicted octanol–water partition coefficient (Wildman–Crippen LogP) is 1.58. The van der Waals surface area contributed by atoms with Crippen molar-refractivity contribution in [3.63, 3.8) is 0 Å². The van der Waals surface area contributed by atoms with Crippen LogP contribution in [0.1, 0.15) is 40.5 Å². The molecule has 2 bridgehead atoms. The molecule has 2 aliphatic heterocycles. The van der Waals surface area contributed by atoms with Gasteiger partial charge in [-0.3, -0.25) is 4.79 Å². The number of hydrogen-bond acceptors (Lipinski definition) is 5. The molecule has 0 radical (unpaired) electrons. The van der Waals surface area contributed by atoms with Crippen molar-refractivity contribution in [1.29, 1.82) is 0 Å². The first-order valence-electron chi connectivity index (χ1n) is 8.06. The van der Waals surface area contributed by atoms with Crippen molar-refractivity contribution in [2.24, 2.45) is 10.8 Å². The van der Waals surface area contributed by atoms with Crippen molar-refractivity contribution < 1.29 is 24.1 Å². The molecule has 0 aromatic heterocycles. The number of hydrogen-bond donors (Lipinski definition) is 1. The molecule has 7 unspecified atom stereocenters. The summed E-state index contributed by atoms with van der Waals surface area (Å²) in [5, 5.41) is 10.9. The molecule has 4 rings (SSSR count). The zero-order valence-electron chi connectivity index (χ0n) is 13.6. The van der Waals surface area contributed by atoms with Crippen molar-refractivity contribution in [2.75, 3.05) is 6.61 Å². The third kappa shape index (κ3) is 1.47. The molecule has 5 heteroatoms. The fraction of sp³-hybridized carbons (Fsp3) is 0.824. The SMILES string of the molecule is CC(=O)OC1CC2(C)C3(CO3)C1OC1C=C(C)CC(O)C12C. The van der Waals surface area contributed by atoms with E-state index in [9.17, 15) is 9.90 Å². The first-order valence-corrected chi connectivity index (χ1v) is 8.06. The lowest BCUT2D eigenvalue weighted by Crippen LogP contribution is -2.65. The minimum Gasteiger partial charge on any atom is -0.460 e. The highest BCUT2D eigenvalue weighted by molar-refractivity contribution is 5.66. The largest absolute Gasteiger partial charge is 0.460 e. The van der Waals surface area contributed by atoms with E-state index in [1.165, 1.54) is 6.92 Å². The number of carbonyl (C=O) groups excluding carboxylic acids is 1. The summed E-state index contributed by atoms with van der Waals surface area (Å²) in [5.74, 6) is -0.291. The maximum atomic E-state index is 11.5. The number of carbonyl (C=O) groups is 1. The van der Waals surface area contributed by atoms with E-state index in [4.69, 9.17) is 14.2 Å². The normalized spacial score (nSPS) is 55.6. The molecule has 4 aliphatic rings. The number of fused-ring (bicyclic) bond motifs is 2. The summed E-state index contributed by atoms with van der Waals surface area (Å²) in [6.45, 7) is 8.34. The average molecular weight is 308 g/mol. The minimum absolute atomic E-state index is 0.165. The van der Waals surface area contributed by atoms with Gasteiger partial charge in [-0.25, -0.2) is 0 Å². The van der Waals surface area contributed by atoms with Crippen LogP contribution < -0.4 is 0 Å². The Morgan fingerprint density at radius 3 is 2.73 bits per heavy atom. The molecule has 2 saturated heterocycles. The lowest BCUT2D eigenvalue weighted by molar-refractivity contribution is -0.230. The van der Waals surface area contributed by atoms with Gasteiger partial charge in [0.2, 0.25) is 0 Å². The lowest BCUT2D eigenvalue weighted by Gasteiger charge is -2.58. The van der Waals surface area contributed by atoms with Crippen LogP contribution in [0.25, 0.3) is 0 Å². The quantitative estimate of drug-likeness (QED) is 0.452. The van der Waals surface area contributed by atoms with Crippen molar-refractivity contribution in [1.82, 2.24) is 0 Å². The van der Waals surface area contributed by atoms with Crippen LogP contribution in [-0.2, 0) is 19.0 Å². The highest BCUT2D eigenvalue weighted by Gasteiger charge is 2.81. The zero-order valence-corrected chi connectivity index (χ0v) is 13.6. The van der Waals surface area contributed by atoms with Gasteiger partial charge in [-0.2, -0.15) is 0 Å². The molecule has 122 valence electrons. The van der Waals surface area contributed by atoms with Crippen LogP contribution in [0.4, 0.5) is 0 Å². The Hall–Kier alpha value is -0.910. The van der Waals surface area contributed by atoms with Crippen LogP contribution in [0, 0.1) is 10.8 Å². The highest BCUT2D eigenvalue weighted by Crippen LogP contribution is 2.71. The molecule has 7 atom stereocenters. The molecule has 3 fully saturated rings. The molecule has 1 spiro atoms. The molecule has 22 heavy (non-hydrogen) atoms. The fourth-order valence-corrected chi connectivity index (χ4v) is 5.27. The van der Waals surface area contributed by atoms with Crippen LogP contribution in [0.3, 0.4) is 0 Å². The van der Waals surface area contributed by atoms with Gasteiger partial charge in [-0.1, -0.05) is 25.5 Å². The monoisotopic (exact) mass is 308 g/mol. The zero-order chi connectivity index (χ0) is 15.9. The third-order valence-electron chi connectivity index (χ3n) is 6.83. The Bertz CT molecular complexity index is 565. The molecule has 0 aromatic carbocycles. The Kier molecular flexibility index (Phi) is 2.76. The van der Waals surface area contributed by atoms with Gasteiger partial charge in [-0.05, 0) is 19.8 Å². The second-order valence-electron chi connectivity index (χ2n) is 7.86. The molecule has 0 amide bonds. The maximum absolute atomic E-state index is 11.5. The van der Waals surface area contributed by atoms with Crippen molar-refractivity contribution >= 4 is 5.97 Å². The van der Waals surface area contributed by atoms with Crippen molar-refractivity contribution in [3.05, 3.63) is 11.6 Å². The van der Waals surface area contributed by atoms with Crippen molar-refractivity contribution in [2.45, 2.75) is 70.6 Å². The van der Waals surface area contributed by atoms with Gasteiger partial charge in [0, 0.05) is 17.8 Å². The van der Waals surface area contributed by atoms with E-state index in [0.29, 0.717) is 19.4 Å². The van der Waals surface area contributed by atoms with E-state index >= 15 is 0 Å². The summed E-state index contributed by atoms with van der Waals surface area (Å²) in [4.78, 5) is 11.5. The van der Waals surface area contributed by atoms with Gasteiger partial charge in [0.15, 0.2) is 0 Å². The lowest BCUT2D eigenvalue weighted by atomic mass is 9.51. The van der Waals surface area contributed by atoms with E-state index in [0.717, 1.165) is 5.57 Å². The standard InChI is InChI=1S/C17H24O5/c1-9-5-12(19)16(4)13(6-9)22-14-11(21-10(2)18)7-15(16,3)17(14)8-20-17/h6,11-14,19H,5,7-8H2,1-4H3. The molecular weight excluding hydrogens is 284 g/mol. The summed E-state index contributed by atoms with van der Waals surface area (Å²) >= 11 is 0. The number of esters is 1. The first kappa shape index (κ1) is 14.7. The first-order chi connectivity index (χ1) is 10.2.